The van der Waals surface area contributed by atoms with Crippen LogP contribution in [0.5, 0.6) is 11.5 Å². The Morgan fingerprint density at radius 3 is 2.52 bits per heavy atom. The van der Waals surface area contributed by atoms with E-state index in [0.717, 1.165) is 5.56 Å². The van der Waals surface area contributed by atoms with Gasteiger partial charge < -0.3 is 9.47 Å². The van der Waals surface area contributed by atoms with Crippen molar-refractivity contribution in [3.8, 4) is 11.5 Å². The highest BCUT2D eigenvalue weighted by Crippen LogP contribution is 2.24. The molecule has 0 aromatic heterocycles. The van der Waals surface area contributed by atoms with E-state index < -0.39 is 10.9 Å². The molecule has 0 aliphatic carbocycles. The highest BCUT2D eigenvalue weighted by molar-refractivity contribution is 6.30. The molecule has 0 radical (unpaired) electrons. The Labute approximate surface area is 137 Å². The Morgan fingerprint density at radius 2 is 1.91 bits per heavy atom. The molecule has 0 N–H and O–H groups in total. The van der Waals surface area contributed by atoms with Crippen LogP contribution in [0, 0.1) is 24.0 Å². The number of ether oxygens (including phenoxy) is 2. The molecule has 120 valence electrons. The Morgan fingerprint density at radius 1 is 1.17 bits per heavy atom. The molecule has 6 nitrogen and oxygen atoms in total. The Bertz CT molecular complexity index is 760. The van der Waals surface area contributed by atoms with Gasteiger partial charge in [0.05, 0.1) is 4.92 Å². The summed E-state index contributed by atoms with van der Waals surface area (Å²) < 4.78 is 10.5. The lowest BCUT2D eigenvalue weighted by molar-refractivity contribution is -0.385. The molecule has 0 saturated carbocycles. The fourth-order valence-corrected chi connectivity index (χ4v) is 2.20. The number of carbonyl (C=O) groups excluding carboxylic acids is 1. The first-order chi connectivity index (χ1) is 10.9. The van der Waals surface area contributed by atoms with Gasteiger partial charge in [-0.3, -0.25) is 10.1 Å². The lowest BCUT2D eigenvalue weighted by Gasteiger charge is -2.09. The maximum Gasteiger partial charge on any atom is 0.349 e. The van der Waals surface area contributed by atoms with E-state index in [1.54, 1.807) is 25.1 Å². The number of aryl methyl sites for hydroxylation is 2. The van der Waals surface area contributed by atoms with Crippen molar-refractivity contribution in [3.63, 3.8) is 0 Å². The predicted octanol–water partition coefficient (Wildman–Crippen LogP) is 3.85. The van der Waals surface area contributed by atoms with Crippen molar-refractivity contribution >= 4 is 23.3 Å². The first kappa shape index (κ1) is 16.8. The number of halogens is 1. The molecule has 0 spiro atoms. The maximum absolute atomic E-state index is 11.8. The zero-order valence-electron chi connectivity index (χ0n) is 12.5. The number of nitro benzene ring substituents is 1. The van der Waals surface area contributed by atoms with Gasteiger partial charge >= 0.3 is 5.97 Å². The standard InChI is InChI=1S/C16H14ClNO5/c1-10-8-13(4-5-14(10)18(20)21)23-16(19)9-22-15-6-3-12(17)7-11(15)2/h3-8H,9H2,1-2H3. The minimum atomic E-state index is -0.604. The van der Waals surface area contributed by atoms with Gasteiger partial charge in [0.2, 0.25) is 0 Å². The molecule has 23 heavy (non-hydrogen) atoms. The molecular weight excluding hydrogens is 322 g/mol. The van der Waals surface area contributed by atoms with Gasteiger partial charge in [0.15, 0.2) is 6.61 Å². The van der Waals surface area contributed by atoms with Gasteiger partial charge in [-0.05, 0) is 49.7 Å². The first-order valence-electron chi connectivity index (χ1n) is 6.71. The molecule has 0 saturated heterocycles. The minimum absolute atomic E-state index is 0.0298. The number of rotatable bonds is 5. The highest BCUT2D eigenvalue weighted by atomic mass is 35.5. The van der Waals surface area contributed by atoms with E-state index in [0.29, 0.717) is 16.3 Å². The molecule has 0 atom stereocenters. The lowest BCUT2D eigenvalue weighted by atomic mass is 10.2. The van der Waals surface area contributed by atoms with Crippen molar-refractivity contribution in [2.24, 2.45) is 0 Å². The van der Waals surface area contributed by atoms with Crippen molar-refractivity contribution in [3.05, 3.63) is 62.7 Å². The lowest BCUT2D eigenvalue weighted by Crippen LogP contribution is -2.18. The fourth-order valence-electron chi connectivity index (χ4n) is 1.97. The number of hydrogen-bond acceptors (Lipinski definition) is 5. The summed E-state index contributed by atoms with van der Waals surface area (Å²) in [6, 6.07) is 9.15. The number of benzene rings is 2. The number of nitrogens with zero attached hydrogens (tertiary/aromatic N) is 1. The minimum Gasteiger partial charge on any atom is -0.482 e. The van der Waals surface area contributed by atoms with Crippen molar-refractivity contribution < 1.29 is 19.2 Å². The molecule has 2 aromatic rings. The summed E-state index contributed by atoms with van der Waals surface area (Å²) in [5.74, 6) is 0.161. The molecule has 0 unspecified atom stereocenters. The van der Waals surface area contributed by atoms with Crippen LogP contribution in [-0.4, -0.2) is 17.5 Å². The van der Waals surface area contributed by atoms with E-state index in [2.05, 4.69) is 0 Å². The molecular formula is C16H14ClNO5. The van der Waals surface area contributed by atoms with Crippen molar-refractivity contribution in [2.45, 2.75) is 13.8 Å². The first-order valence-corrected chi connectivity index (χ1v) is 7.09. The van der Waals surface area contributed by atoms with Gasteiger partial charge in [0, 0.05) is 16.7 Å². The van der Waals surface area contributed by atoms with Crippen LogP contribution in [0.3, 0.4) is 0 Å². The third kappa shape index (κ3) is 4.43. The smallest absolute Gasteiger partial charge is 0.349 e. The predicted molar refractivity (Wildman–Crippen MR) is 85.2 cm³/mol. The average molecular weight is 336 g/mol. The summed E-state index contributed by atoms with van der Waals surface area (Å²) in [6.07, 6.45) is 0. The van der Waals surface area contributed by atoms with Crippen LogP contribution in [0.15, 0.2) is 36.4 Å². The molecule has 0 heterocycles. The third-order valence-electron chi connectivity index (χ3n) is 3.08. The van der Waals surface area contributed by atoms with Crippen LogP contribution in [0.4, 0.5) is 5.69 Å². The molecule has 7 heteroatoms. The third-order valence-corrected chi connectivity index (χ3v) is 3.31. The van der Waals surface area contributed by atoms with E-state index in [1.807, 2.05) is 6.92 Å². The van der Waals surface area contributed by atoms with Crippen LogP contribution >= 0.6 is 11.6 Å². The van der Waals surface area contributed by atoms with Gasteiger partial charge in [0.1, 0.15) is 11.5 Å². The number of nitro groups is 1. The quantitative estimate of drug-likeness (QED) is 0.359. The second-order valence-electron chi connectivity index (χ2n) is 4.88. The molecule has 0 aliphatic rings. The number of carbonyl (C=O) groups is 1. The summed E-state index contributed by atoms with van der Waals surface area (Å²) in [5, 5.41) is 11.3. The van der Waals surface area contributed by atoms with E-state index in [1.165, 1.54) is 18.2 Å². The van der Waals surface area contributed by atoms with Crippen LogP contribution in [-0.2, 0) is 4.79 Å². The van der Waals surface area contributed by atoms with Gasteiger partial charge in [-0.1, -0.05) is 11.6 Å². The van der Waals surface area contributed by atoms with Crippen LogP contribution in [0.25, 0.3) is 0 Å². The van der Waals surface area contributed by atoms with Gasteiger partial charge in [-0.2, -0.15) is 0 Å². The second kappa shape index (κ2) is 7.11. The zero-order valence-corrected chi connectivity index (χ0v) is 13.3. The monoisotopic (exact) mass is 335 g/mol. The molecule has 2 rings (SSSR count). The second-order valence-corrected chi connectivity index (χ2v) is 5.31. The Balaban J connectivity index is 1.97. The maximum atomic E-state index is 11.8. The SMILES string of the molecule is Cc1cc(Cl)ccc1OCC(=O)Oc1ccc([N+](=O)[O-])c(C)c1. The Hall–Kier alpha value is -2.60. The number of esters is 1. The summed E-state index contributed by atoms with van der Waals surface area (Å²) in [7, 11) is 0. The van der Waals surface area contributed by atoms with Crippen LogP contribution in [0.1, 0.15) is 11.1 Å². The largest absolute Gasteiger partial charge is 0.482 e. The van der Waals surface area contributed by atoms with Crippen molar-refractivity contribution in [2.75, 3.05) is 6.61 Å². The molecule has 0 bridgehead atoms. The van der Waals surface area contributed by atoms with Gasteiger partial charge in [-0.25, -0.2) is 4.79 Å². The topological polar surface area (TPSA) is 78.7 Å². The summed E-state index contributed by atoms with van der Waals surface area (Å²) in [4.78, 5) is 22.0. The summed E-state index contributed by atoms with van der Waals surface area (Å²) >= 11 is 5.84. The molecule has 0 fully saturated rings. The molecule has 0 amide bonds. The summed E-state index contributed by atoms with van der Waals surface area (Å²) in [6.45, 7) is 3.10. The zero-order chi connectivity index (χ0) is 17.0. The van der Waals surface area contributed by atoms with E-state index >= 15 is 0 Å². The number of hydrogen-bond donors (Lipinski definition) is 0. The summed E-state index contributed by atoms with van der Waals surface area (Å²) in [5.41, 5.74) is 1.18. The molecule has 2 aromatic carbocycles. The Kier molecular flexibility index (Phi) is 5.18. The van der Waals surface area contributed by atoms with Crippen molar-refractivity contribution in [1.29, 1.82) is 0 Å². The highest BCUT2D eigenvalue weighted by Gasteiger charge is 2.13. The average Bonchev–Trinajstić information content (AvgIpc) is 2.46. The normalized spacial score (nSPS) is 10.2. The van der Waals surface area contributed by atoms with Crippen LogP contribution in [0.2, 0.25) is 5.02 Å². The van der Waals surface area contributed by atoms with E-state index in [-0.39, 0.29) is 18.0 Å². The van der Waals surface area contributed by atoms with Gasteiger partial charge in [0.25, 0.3) is 5.69 Å². The van der Waals surface area contributed by atoms with Crippen LogP contribution < -0.4 is 9.47 Å². The van der Waals surface area contributed by atoms with Crippen molar-refractivity contribution in [1.82, 2.24) is 0 Å². The fraction of sp³-hybridized carbons (Fsp3) is 0.188. The van der Waals surface area contributed by atoms with E-state index in [9.17, 15) is 14.9 Å². The molecule has 0 aliphatic heterocycles. The van der Waals surface area contributed by atoms with Gasteiger partial charge in [-0.15, -0.1) is 0 Å². The van der Waals surface area contributed by atoms with E-state index in [4.69, 9.17) is 21.1 Å².